The molecule has 6 nitrogen and oxygen atoms in total. The first-order valence-electron chi connectivity index (χ1n) is 8.09. The summed E-state index contributed by atoms with van der Waals surface area (Å²) in [5.74, 6) is -0.0579. The van der Waals surface area contributed by atoms with E-state index in [1.54, 1.807) is 12.1 Å². The zero-order valence-electron chi connectivity index (χ0n) is 14.1. The van der Waals surface area contributed by atoms with Crippen LogP contribution in [0, 0.1) is 0 Å². The number of hydrogen-bond donors (Lipinski definition) is 3. The van der Waals surface area contributed by atoms with Crippen molar-refractivity contribution in [2.24, 2.45) is 5.73 Å². The number of carbonyl (C=O) groups excluding carboxylic acids is 1. The first-order valence-corrected chi connectivity index (χ1v) is 9.57. The van der Waals surface area contributed by atoms with Crippen molar-refractivity contribution in [1.29, 1.82) is 0 Å². The number of halogens is 1. The lowest BCUT2D eigenvalue weighted by Crippen LogP contribution is -2.24. The molecule has 1 aromatic carbocycles. The Kier molecular flexibility index (Phi) is 11.7. The lowest BCUT2D eigenvalue weighted by Gasteiger charge is -2.08. The van der Waals surface area contributed by atoms with E-state index >= 15 is 0 Å². The summed E-state index contributed by atoms with van der Waals surface area (Å²) in [5, 5.41) is 2.78. The zero-order valence-corrected chi connectivity index (χ0v) is 15.7. The van der Waals surface area contributed by atoms with E-state index in [1.165, 1.54) is 12.1 Å². The van der Waals surface area contributed by atoms with Gasteiger partial charge in [0.25, 0.3) is 0 Å². The molecule has 1 rings (SSSR count). The largest absolute Gasteiger partial charge is 0.330 e. The first kappa shape index (κ1) is 22.9. The minimum absolute atomic E-state index is 0. The summed E-state index contributed by atoms with van der Waals surface area (Å²) in [7, 11) is -3.46. The summed E-state index contributed by atoms with van der Waals surface area (Å²) in [4.78, 5) is 12.0. The number of hydrogen-bond acceptors (Lipinski definition) is 4. The van der Waals surface area contributed by atoms with E-state index in [9.17, 15) is 13.2 Å². The maximum Gasteiger partial charge on any atom is 0.240 e. The second-order valence-electron chi connectivity index (χ2n) is 5.42. The molecule has 0 radical (unpaired) electrons. The van der Waals surface area contributed by atoms with Gasteiger partial charge in [0.2, 0.25) is 15.9 Å². The Bertz CT molecular complexity index is 577. The highest BCUT2D eigenvalue weighted by atomic mass is 35.5. The number of nitrogens with one attached hydrogen (secondary N) is 2. The maximum atomic E-state index is 11.9. The fourth-order valence-electron chi connectivity index (χ4n) is 2.04. The quantitative estimate of drug-likeness (QED) is 0.516. The number of anilines is 1. The standard InChI is InChI=1S/C16H27N3O3S.ClH/c1-2-13-18-23(21,22)15-10-8-14(9-11-15)19-16(20)7-5-3-4-6-12-17;/h8-11,18H,2-7,12-13,17H2,1H3,(H,19,20);1H. The highest BCUT2D eigenvalue weighted by Gasteiger charge is 2.12. The van der Waals surface area contributed by atoms with Gasteiger partial charge in [-0.15, -0.1) is 12.4 Å². The van der Waals surface area contributed by atoms with E-state index < -0.39 is 10.0 Å². The lowest BCUT2D eigenvalue weighted by atomic mass is 10.1. The molecule has 0 heterocycles. The van der Waals surface area contributed by atoms with Crippen LogP contribution in [0.25, 0.3) is 0 Å². The Labute approximate surface area is 151 Å². The van der Waals surface area contributed by atoms with E-state index in [0.29, 0.717) is 25.2 Å². The van der Waals surface area contributed by atoms with Gasteiger partial charge in [-0.1, -0.05) is 19.8 Å². The lowest BCUT2D eigenvalue weighted by molar-refractivity contribution is -0.116. The molecule has 0 fully saturated rings. The van der Waals surface area contributed by atoms with Gasteiger partial charge in [0.15, 0.2) is 0 Å². The van der Waals surface area contributed by atoms with E-state index in [1.807, 2.05) is 6.92 Å². The molecule has 0 unspecified atom stereocenters. The van der Waals surface area contributed by atoms with Gasteiger partial charge in [-0.25, -0.2) is 13.1 Å². The Morgan fingerprint density at radius 3 is 2.29 bits per heavy atom. The van der Waals surface area contributed by atoms with Crippen LogP contribution in [-0.2, 0) is 14.8 Å². The molecule has 8 heteroatoms. The summed E-state index contributed by atoms with van der Waals surface area (Å²) in [5.41, 5.74) is 6.02. The first-order chi connectivity index (χ1) is 11.0. The minimum Gasteiger partial charge on any atom is -0.330 e. The van der Waals surface area contributed by atoms with Gasteiger partial charge in [0.1, 0.15) is 0 Å². The second-order valence-corrected chi connectivity index (χ2v) is 7.19. The van der Waals surface area contributed by atoms with Gasteiger partial charge in [0, 0.05) is 18.7 Å². The molecule has 0 aliphatic heterocycles. The van der Waals surface area contributed by atoms with Gasteiger partial charge in [-0.3, -0.25) is 4.79 Å². The van der Waals surface area contributed by atoms with Gasteiger partial charge < -0.3 is 11.1 Å². The van der Waals surface area contributed by atoms with Crippen LogP contribution in [0.15, 0.2) is 29.2 Å². The van der Waals surface area contributed by atoms with E-state index in [0.717, 1.165) is 32.1 Å². The highest BCUT2D eigenvalue weighted by molar-refractivity contribution is 7.89. The van der Waals surface area contributed by atoms with Crippen molar-refractivity contribution < 1.29 is 13.2 Å². The van der Waals surface area contributed by atoms with Crippen molar-refractivity contribution in [2.75, 3.05) is 18.4 Å². The van der Waals surface area contributed by atoms with Crippen LogP contribution in [0.1, 0.15) is 45.4 Å². The topological polar surface area (TPSA) is 101 Å². The molecular weight excluding hydrogens is 350 g/mol. The molecular formula is C16H28ClN3O3S. The molecule has 4 N–H and O–H groups in total. The fraction of sp³-hybridized carbons (Fsp3) is 0.562. The highest BCUT2D eigenvalue weighted by Crippen LogP contribution is 2.14. The molecule has 0 spiro atoms. The number of amides is 1. The van der Waals surface area contributed by atoms with Crippen LogP contribution in [0.4, 0.5) is 5.69 Å². The Hall–Kier alpha value is -1.15. The predicted molar refractivity (Wildman–Crippen MR) is 99.9 cm³/mol. The van der Waals surface area contributed by atoms with Crippen LogP contribution >= 0.6 is 12.4 Å². The zero-order chi connectivity index (χ0) is 17.1. The molecule has 0 saturated carbocycles. The van der Waals surface area contributed by atoms with E-state index in [2.05, 4.69) is 10.0 Å². The minimum atomic E-state index is -3.46. The van der Waals surface area contributed by atoms with Crippen LogP contribution in [0.2, 0.25) is 0 Å². The van der Waals surface area contributed by atoms with Crippen molar-refractivity contribution in [2.45, 2.75) is 50.3 Å². The normalized spacial score (nSPS) is 10.9. The summed E-state index contributed by atoms with van der Waals surface area (Å²) in [6.45, 7) is 3.00. The number of nitrogens with two attached hydrogens (primary N) is 1. The van der Waals surface area contributed by atoms with E-state index in [-0.39, 0.29) is 23.2 Å². The van der Waals surface area contributed by atoms with Crippen molar-refractivity contribution in [3.63, 3.8) is 0 Å². The molecule has 0 aliphatic carbocycles. The molecule has 1 amide bonds. The van der Waals surface area contributed by atoms with Crippen LogP contribution in [-0.4, -0.2) is 27.4 Å². The summed E-state index contributed by atoms with van der Waals surface area (Å²) in [6.07, 6.45) is 5.05. The molecule has 0 atom stereocenters. The van der Waals surface area contributed by atoms with Crippen LogP contribution in [0.5, 0.6) is 0 Å². The van der Waals surface area contributed by atoms with Gasteiger partial charge >= 0.3 is 0 Å². The summed E-state index contributed by atoms with van der Waals surface area (Å²) in [6, 6.07) is 6.20. The van der Waals surface area contributed by atoms with Crippen LogP contribution in [0.3, 0.4) is 0 Å². The maximum absolute atomic E-state index is 11.9. The number of sulfonamides is 1. The average molecular weight is 378 g/mol. The summed E-state index contributed by atoms with van der Waals surface area (Å²) >= 11 is 0. The smallest absolute Gasteiger partial charge is 0.240 e. The fourth-order valence-corrected chi connectivity index (χ4v) is 3.18. The number of rotatable bonds is 11. The molecule has 0 bridgehead atoms. The van der Waals surface area contributed by atoms with Gasteiger partial charge in [-0.05, 0) is 50.1 Å². The SMILES string of the molecule is CCCNS(=O)(=O)c1ccc(NC(=O)CCCCCCN)cc1.Cl. The average Bonchev–Trinajstić information content (AvgIpc) is 2.53. The van der Waals surface area contributed by atoms with Crippen molar-refractivity contribution in [1.82, 2.24) is 4.72 Å². The number of carbonyl (C=O) groups is 1. The number of benzene rings is 1. The number of unbranched alkanes of at least 4 members (excludes halogenated alkanes) is 3. The third kappa shape index (κ3) is 8.63. The van der Waals surface area contributed by atoms with Crippen molar-refractivity contribution in [3.05, 3.63) is 24.3 Å². The van der Waals surface area contributed by atoms with Crippen molar-refractivity contribution in [3.8, 4) is 0 Å². The van der Waals surface area contributed by atoms with Crippen LogP contribution < -0.4 is 15.8 Å². The molecule has 0 aliphatic rings. The van der Waals surface area contributed by atoms with Crippen molar-refractivity contribution >= 4 is 34.0 Å². The predicted octanol–water partition coefficient (Wildman–Crippen LogP) is 2.64. The molecule has 0 aromatic heterocycles. The molecule has 1 aromatic rings. The third-order valence-corrected chi connectivity index (χ3v) is 4.83. The Morgan fingerprint density at radius 1 is 1.08 bits per heavy atom. The molecule has 24 heavy (non-hydrogen) atoms. The Morgan fingerprint density at radius 2 is 1.71 bits per heavy atom. The van der Waals surface area contributed by atoms with Gasteiger partial charge in [0.05, 0.1) is 4.90 Å². The monoisotopic (exact) mass is 377 g/mol. The van der Waals surface area contributed by atoms with E-state index in [4.69, 9.17) is 5.73 Å². The molecule has 0 saturated heterocycles. The molecule has 138 valence electrons. The third-order valence-electron chi connectivity index (χ3n) is 3.35. The van der Waals surface area contributed by atoms with Gasteiger partial charge in [-0.2, -0.15) is 0 Å². The second kappa shape index (κ2) is 12.2. The summed E-state index contributed by atoms with van der Waals surface area (Å²) < 4.78 is 26.4. The Balaban J connectivity index is 0.00000529.